The van der Waals surface area contributed by atoms with Gasteiger partial charge in [0, 0.05) is 14.2 Å². The van der Waals surface area contributed by atoms with E-state index in [2.05, 4.69) is 6.92 Å². The van der Waals surface area contributed by atoms with Gasteiger partial charge in [0.25, 0.3) is 0 Å². The largest absolute Gasteiger partial charge is 0.388 e. The van der Waals surface area contributed by atoms with Crippen LogP contribution in [0.2, 0.25) is 0 Å². The lowest BCUT2D eigenvalue weighted by molar-refractivity contribution is -0.187. The molecule has 0 radical (unpaired) electrons. The van der Waals surface area contributed by atoms with Crippen LogP contribution in [0.5, 0.6) is 0 Å². The highest BCUT2D eigenvalue weighted by molar-refractivity contribution is 4.81. The zero-order valence-corrected chi connectivity index (χ0v) is 10.1. The van der Waals surface area contributed by atoms with Crippen LogP contribution in [-0.4, -0.2) is 31.7 Å². The van der Waals surface area contributed by atoms with Crippen molar-refractivity contribution in [2.75, 3.05) is 14.2 Å². The van der Waals surface area contributed by atoms with Gasteiger partial charge < -0.3 is 14.6 Å². The first-order valence-corrected chi connectivity index (χ1v) is 5.98. The summed E-state index contributed by atoms with van der Waals surface area (Å²) in [5.41, 5.74) is 0. The average molecular weight is 216 g/mol. The highest BCUT2D eigenvalue weighted by Crippen LogP contribution is 2.35. The van der Waals surface area contributed by atoms with Crippen molar-refractivity contribution >= 4 is 0 Å². The lowest BCUT2D eigenvalue weighted by atomic mass is 9.75. The molecule has 1 rings (SSSR count). The molecule has 3 heteroatoms. The van der Waals surface area contributed by atoms with E-state index in [-0.39, 0.29) is 0 Å². The van der Waals surface area contributed by atoms with E-state index in [0.717, 1.165) is 12.8 Å². The van der Waals surface area contributed by atoms with Crippen LogP contribution in [0.3, 0.4) is 0 Å². The van der Waals surface area contributed by atoms with Crippen LogP contribution in [0.1, 0.15) is 39.0 Å². The van der Waals surface area contributed by atoms with Gasteiger partial charge in [-0.2, -0.15) is 0 Å². The predicted octanol–water partition coefficient (Wildman–Crippen LogP) is 2.18. The van der Waals surface area contributed by atoms with E-state index in [1.54, 1.807) is 14.2 Å². The minimum absolute atomic E-state index is 0.341. The van der Waals surface area contributed by atoms with E-state index in [0.29, 0.717) is 11.8 Å². The van der Waals surface area contributed by atoms with Crippen LogP contribution in [0.15, 0.2) is 0 Å². The number of aliphatic hydroxyl groups excluding tert-OH is 1. The van der Waals surface area contributed by atoms with Gasteiger partial charge in [-0.25, -0.2) is 0 Å². The third kappa shape index (κ3) is 3.16. The number of hydrogen-bond acceptors (Lipinski definition) is 3. The highest BCUT2D eigenvalue weighted by atomic mass is 16.7. The Morgan fingerprint density at radius 3 is 2.33 bits per heavy atom. The summed E-state index contributed by atoms with van der Waals surface area (Å²) < 4.78 is 10.3. The van der Waals surface area contributed by atoms with Crippen molar-refractivity contribution in [2.45, 2.75) is 51.4 Å². The van der Waals surface area contributed by atoms with Crippen LogP contribution < -0.4 is 0 Å². The molecule has 0 spiro atoms. The number of hydrogen-bond donors (Lipinski definition) is 1. The first-order valence-electron chi connectivity index (χ1n) is 5.98. The quantitative estimate of drug-likeness (QED) is 0.716. The molecule has 1 N–H and O–H groups in total. The number of aliphatic hydroxyl groups is 1. The lowest BCUT2D eigenvalue weighted by Crippen LogP contribution is -2.40. The third-order valence-electron chi connectivity index (χ3n) is 3.67. The summed E-state index contributed by atoms with van der Waals surface area (Å²) >= 11 is 0. The number of methoxy groups -OCH3 is 2. The van der Waals surface area contributed by atoms with Crippen molar-refractivity contribution in [3.8, 4) is 0 Å². The molecule has 1 fully saturated rings. The van der Waals surface area contributed by atoms with Gasteiger partial charge in [-0.05, 0) is 18.3 Å². The predicted molar refractivity (Wildman–Crippen MR) is 59.6 cm³/mol. The molecule has 90 valence electrons. The van der Waals surface area contributed by atoms with Crippen molar-refractivity contribution in [1.29, 1.82) is 0 Å². The number of rotatable bonds is 5. The molecule has 15 heavy (non-hydrogen) atoms. The minimum atomic E-state index is -0.481. The maximum atomic E-state index is 10.2. The summed E-state index contributed by atoms with van der Waals surface area (Å²) in [7, 11) is 3.17. The second-order valence-corrected chi connectivity index (χ2v) is 4.45. The summed E-state index contributed by atoms with van der Waals surface area (Å²) in [5.74, 6) is 0.968. The Morgan fingerprint density at radius 1 is 1.20 bits per heavy atom. The number of ether oxygens (including phenoxy) is 2. The Morgan fingerprint density at radius 2 is 1.80 bits per heavy atom. The standard InChI is InChI=1S/C12H24O3/c1-4-9-7-5-6-8-10(9)11(13)12(14-2)15-3/h9-13H,4-8H2,1-3H3. The molecule has 3 atom stereocenters. The van der Waals surface area contributed by atoms with Gasteiger partial charge in [-0.3, -0.25) is 0 Å². The molecule has 0 heterocycles. The average Bonchev–Trinajstić information content (AvgIpc) is 2.30. The van der Waals surface area contributed by atoms with E-state index < -0.39 is 12.4 Å². The Hall–Kier alpha value is -0.120. The van der Waals surface area contributed by atoms with Crippen LogP contribution in [0.25, 0.3) is 0 Å². The van der Waals surface area contributed by atoms with E-state index in [9.17, 15) is 5.11 Å². The Bertz CT molecular complexity index is 168. The highest BCUT2D eigenvalue weighted by Gasteiger charge is 2.34. The molecule has 3 unspecified atom stereocenters. The zero-order valence-electron chi connectivity index (χ0n) is 10.1. The lowest BCUT2D eigenvalue weighted by Gasteiger charge is -2.36. The van der Waals surface area contributed by atoms with E-state index in [1.165, 1.54) is 19.3 Å². The molecule has 0 amide bonds. The molecule has 3 nitrogen and oxygen atoms in total. The summed E-state index contributed by atoms with van der Waals surface area (Å²) in [4.78, 5) is 0. The summed E-state index contributed by atoms with van der Waals surface area (Å²) in [6, 6.07) is 0. The van der Waals surface area contributed by atoms with Gasteiger partial charge in [0.2, 0.25) is 0 Å². The normalized spacial score (nSPS) is 29.4. The van der Waals surface area contributed by atoms with Crippen molar-refractivity contribution in [1.82, 2.24) is 0 Å². The Balaban J connectivity index is 2.57. The maximum Gasteiger partial charge on any atom is 0.183 e. The maximum absolute atomic E-state index is 10.2. The molecular formula is C12H24O3. The Labute approximate surface area is 92.8 Å². The van der Waals surface area contributed by atoms with Crippen molar-refractivity contribution in [3.63, 3.8) is 0 Å². The molecule has 1 saturated carbocycles. The van der Waals surface area contributed by atoms with E-state index >= 15 is 0 Å². The van der Waals surface area contributed by atoms with Gasteiger partial charge in [-0.1, -0.05) is 32.6 Å². The third-order valence-corrected chi connectivity index (χ3v) is 3.67. The molecule has 0 aromatic rings. The SMILES string of the molecule is CCC1CCCCC1C(O)C(OC)OC. The molecular weight excluding hydrogens is 192 g/mol. The molecule has 0 aromatic heterocycles. The van der Waals surface area contributed by atoms with Crippen LogP contribution >= 0.6 is 0 Å². The second-order valence-electron chi connectivity index (χ2n) is 4.45. The zero-order chi connectivity index (χ0) is 11.3. The topological polar surface area (TPSA) is 38.7 Å². The Kier molecular flexibility index (Phi) is 5.58. The molecule has 1 aliphatic rings. The van der Waals surface area contributed by atoms with Crippen molar-refractivity contribution in [2.24, 2.45) is 11.8 Å². The van der Waals surface area contributed by atoms with Gasteiger partial charge in [-0.15, -0.1) is 0 Å². The van der Waals surface area contributed by atoms with Crippen LogP contribution in [0.4, 0.5) is 0 Å². The molecule has 0 aliphatic heterocycles. The van der Waals surface area contributed by atoms with E-state index in [4.69, 9.17) is 9.47 Å². The first kappa shape index (κ1) is 12.9. The van der Waals surface area contributed by atoms with Gasteiger partial charge >= 0.3 is 0 Å². The fourth-order valence-electron chi connectivity index (χ4n) is 2.77. The monoisotopic (exact) mass is 216 g/mol. The smallest absolute Gasteiger partial charge is 0.183 e. The fourth-order valence-corrected chi connectivity index (χ4v) is 2.77. The van der Waals surface area contributed by atoms with Gasteiger partial charge in [0.15, 0.2) is 6.29 Å². The van der Waals surface area contributed by atoms with Gasteiger partial charge in [0.05, 0.1) is 0 Å². The van der Waals surface area contributed by atoms with Crippen LogP contribution in [0, 0.1) is 11.8 Å². The van der Waals surface area contributed by atoms with Crippen molar-refractivity contribution < 1.29 is 14.6 Å². The summed E-state index contributed by atoms with van der Waals surface area (Å²) in [6.45, 7) is 2.20. The molecule has 0 bridgehead atoms. The van der Waals surface area contributed by atoms with Gasteiger partial charge in [0.1, 0.15) is 6.10 Å². The van der Waals surface area contributed by atoms with E-state index in [1.807, 2.05) is 0 Å². The fraction of sp³-hybridized carbons (Fsp3) is 1.00. The molecule has 1 aliphatic carbocycles. The van der Waals surface area contributed by atoms with Crippen LogP contribution in [-0.2, 0) is 9.47 Å². The minimum Gasteiger partial charge on any atom is -0.388 e. The summed E-state index contributed by atoms with van der Waals surface area (Å²) in [5, 5.41) is 10.2. The molecule has 0 aromatic carbocycles. The second kappa shape index (κ2) is 6.46. The first-order chi connectivity index (χ1) is 7.24. The molecule has 0 saturated heterocycles. The van der Waals surface area contributed by atoms with Crippen molar-refractivity contribution in [3.05, 3.63) is 0 Å². The summed E-state index contributed by atoms with van der Waals surface area (Å²) in [6.07, 6.45) is 5.04.